The number of rotatable bonds is 7. The van der Waals surface area contributed by atoms with Crippen LogP contribution in [0.3, 0.4) is 0 Å². The molecule has 3 aromatic carbocycles. The highest BCUT2D eigenvalue weighted by molar-refractivity contribution is 7.95. The number of sulfone groups is 1. The minimum Gasteiger partial charge on any atom is -0.229 e. The molecule has 0 amide bonds. The monoisotopic (exact) mass is 383 g/mol. The molecular weight excluding hydrogens is 359 g/mol. The Bertz CT molecular complexity index is 827. The molecule has 0 aromatic heterocycles. The fourth-order valence-corrected chi connectivity index (χ4v) is 8.67. The summed E-state index contributed by atoms with van der Waals surface area (Å²) >= 11 is 0. The maximum atomic E-state index is 11.7. The van der Waals surface area contributed by atoms with E-state index in [1.165, 1.54) is 22.2 Å². The number of hydrogen-bond acceptors (Lipinski definition) is 2. The minimum atomic E-state index is -2.98. The van der Waals surface area contributed by atoms with Gasteiger partial charge in [0, 0.05) is 6.26 Å². The van der Waals surface area contributed by atoms with E-state index in [1.807, 2.05) is 18.2 Å². The Kier molecular flexibility index (Phi) is 5.90. The molecular formula is C22H24O2PS+. The zero-order valence-electron chi connectivity index (χ0n) is 15.0. The Morgan fingerprint density at radius 1 is 0.654 bits per heavy atom. The van der Waals surface area contributed by atoms with Gasteiger partial charge in [0.15, 0.2) is 0 Å². The maximum absolute atomic E-state index is 11.7. The summed E-state index contributed by atoms with van der Waals surface area (Å²) in [6, 6.07) is 31.7. The van der Waals surface area contributed by atoms with Crippen LogP contribution in [0, 0.1) is 0 Å². The van der Waals surface area contributed by atoms with Gasteiger partial charge in [0.2, 0.25) is 0 Å². The predicted molar refractivity (Wildman–Crippen MR) is 114 cm³/mol. The van der Waals surface area contributed by atoms with Crippen molar-refractivity contribution in [2.45, 2.75) is 6.42 Å². The van der Waals surface area contributed by atoms with E-state index in [0.29, 0.717) is 6.42 Å². The fourth-order valence-electron chi connectivity index (χ4n) is 3.45. The van der Waals surface area contributed by atoms with Crippen molar-refractivity contribution in [3.8, 4) is 0 Å². The molecule has 0 bridgehead atoms. The van der Waals surface area contributed by atoms with Gasteiger partial charge in [0.1, 0.15) is 33.0 Å². The smallest absolute Gasteiger partial charge is 0.147 e. The van der Waals surface area contributed by atoms with Crippen LogP contribution in [-0.2, 0) is 9.84 Å². The van der Waals surface area contributed by atoms with Crippen molar-refractivity contribution in [3.05, 3.63) is 91.0 Å². The lowest BCUT2D eigenvalue weighted by Crippen LogP contribution is -2.33. The van der Waals surface area contributed by atoms with Gasteiger partial charge in [0.05, 0.1) is 11.9 Å². The SMILES string of the molecule is CS(=O)(=O)CCC[P+](c1ccccc1)(c1ccccc1)c1ccccc1. The van der Waals surface area contributed by atoms with E-state index < -0.39 is 17.1 Å². The second kappa shape index (κ2) is 8.16. The zero-order chi connectivity index (χ0) is 18.5. The summed E-state index contributed by atoms with van der Waals surface area (Å²) in [5.41, 5.74) is 0. The third-order valence-corrected chi connectivity index (χ3v) is 10.2. The molecule has 2 nitrogen and oxygen atoms in total. The summed E-state index contributed by atoms with van der Waals surface area (Å²) < 4.78 is 23.5. The van der Waals surface area contributed by atoms with Crippen LogP contribution in [0.25, 0.3) is 0 Å². The summed E-state index contributed by atoms with van der Waals surface area (Å²) in [7, 11) is -4.88. The first kappa shape index (κ1) is 18.8. The van der Waals surface area contributed by atoms with E-state index in [1.54, 1.807) is 0 Å². The van der Waals surface area contributed by atoms with Crippen molar-refractivity contribution in [1.29, 1.82) is 0 Å². The largest absolute Gasteiger partial charge is 0.229 e. The Morgan fingerprint density at radius 2 is 1.00 bits per heavy atom. The molecule has 0 spiro atoms. The van der Waals surface area contributed by atoms with Crippen LogP contribution in [0.1, 0.15) is 6.42 Å². The minimum absolute atomic E-state index is 0.223. The molecule has 0 unspecified atom stereocenters. The Morgan fingerprint density at radius 3 is 1.31 bits per heavy atom. The predicted octanol–water partition coefficient (Wildman–Crippen LogP) is 3.42. The number of benzene rings is 3. The van der Waals surface area contributed by atoms with Gasteiger partial charge in [-0.3, -0.25) is 0 Å². The lowest BCUT2D eigenvalue weighted by Gasteiger charge is -2.27. The normalized spacial score (nSPS) is 12.0. The first-order valence-electron chi connectivity index (χ1n) is 8.75. The summed E-state index contributed by atoms with van der Waals surface area (Å²) in [6.07, 6.45) is 2.82. The van der Waals surface area contributed by atoms with Gasteiger partial charge < -0.3 is 0 Å². The second-order valence-electron chi connectivity index (χ2n) is 6.52. The van der Waals surface area contributed by atoms with Gasteiger partial charge in [-0.2, -0.15) is 0 Å². The highest BCUT2D eigenvalue weighted by Gasteiger charge is 2.44. The molecule has 26 heavy (non-hydrogen) atoms. The van der Waals surface area contributed by atoms with Gasteiger partial charge in [0.25, 0.3) is 0 Å². The lowest BCUT2D eigenvalue weighted by molar-refractivity contribution is 0.600. The van der Waals surface area contributed by atoms with Crippen molar-refractivity contribution < 1.29 is 8.42 Å². The molecule has 0 saturated carbocycles. The van der Waals surface area contributed by atoms with E-state index in [4.69, 9.17) is 0 Å². The summed E-state index contributed by atoms with van der Waals surface area (Å²) in [5.74, 6) is 0.223. The van der Waals surface area contributed by atoms with Crippen molar-refractivity contribution in [2.75, 3.05) is 18.2 Å². The molecule has 0 aliphatic heterocycles. The molecule has 0 radical (unpaired) electrons. The third-order valence-electron chi connectivity index (χ3n) is 4.60. The Hall–Kier alpha value is -1.96. The van der Waals surface area contributed by atoms with Gasteiger partial charge in [-0.05, 0) is 42.8 Å². The topological polar surface area (TPSA) is 34.1 Å². The average molecular weight is 383 g/mol. The molecule has 0 heterocycles. The molecule has 0 saturated heterocycles. The van der Waals surface area contributed by atoms with Crippen molar-refractivity contribution in [3.63, 3.8) is 0 Å². The van der Waals surface area contributed by atoms with Gasteiger partial charge in [-0.1, -0.05) is 54.6 Å². The second-order valence-corrected chi connectivity index (χ2v) is 12.4. The molecule has 0 N–H and O–H groups in total. The lowest BCUT2D eigenvalue weighted by atomic mass is 10.4. The fraction of sp³-hybridized carbons (Fsp3) is 0.182. The van der Waals surface area contributed by atoms with Crippen LogP contribution in [-0.4, -0.2) is 26.6 Å². The zero-order valence-corrected chi connectivity index (χ0v) is 16.7. The molecule has 0 fully saturated rings. The van der Waals surface area contributed by atoms with Crippen molar-refractivity contribution >= 4 is 33.0 Å². The van der Waals surface area contributed by atoms with E-state index in [0.717, 1.165) is 6.16 Å². The van der Waals surface area contributed by atoms with Crippen LogP contribution in [0.4, 0.5) is 0 Å². The van der Waals surface area contributed by atoms with Gasteiger partial charge in [-0.25, -0.2) is 8.42 Å². The van der Waals surface area contributed by atoms with E-state index in [-0.39, 0.29) is 5.75 Å². The maximum Gasteiger partial charge on any atom is 0.147 e. The van der Waals surface area contributed by atoms with E-state index in [9.17, 15) is 8.42 Å². The number of hydrogen-bond donors (Lipinski definition) is 0. The van der Waals surface area contributed by atoms with Crippen molar-refractivity contribution in [2.24, 2.45) is 0 Å². The summed E-state index contributed by atoms with van der Waals surface area (Å²) in [4.78, 5) is 0. The molecule has 4 heteroatoms. The average Bonchev–Trinajstić information content (AvgIpc) is 2.67. The molecule has 0 aliphatic rings. The van der Waals surface area contributed by atoms with Crippen LogP contribution in [0.2, 0.25) is 0 Å². The van der Waals surface area contributed by atoms with Crippen molar-refractivity contribution in [1.82, 2.24) is 0 Å². The summed E-state index contributed by atoms with van der Waals surface area (Å²) in [5, 5.41) is 3.89. The first-order valence-corrected chi connectivity index (χ1v) is 12.8. The molecule has 0 aliphatic carbocycles. The third kappa shape index (κ3) is 4.23. The highest BCUT2D eigenvalue weighted by Crippen LogP contribution is 2.55. The summed E-state index contributed by atoms with van der Waals surface area (Å²) in [6.45, 7) is 0. The standard InChI is InChI=1S/C22H24O2PS/c1-26(23,24)19-11-18-25(20-12-5-2-6-13-20,21-14-7-3-8-15-21)22-16-9-4-10-17-22/h2-10,12-17H,11,18-19H2,1H3/q+1. The molecule has 3 aromatic rings. The van der Waals surface area contributed by atoms with E-state index >= 15 is 0 Å². The molecule has 3 rings (SSSR count). The van der Waals surface area contributed by atoms with Gasteiger partial charge in [-0.15, -0.1) is 0 Å². The van der Waals surface area contributed by atoms with Gasteiger partial charge >= 0.3 is 0 Å². The molecule has 134 valence electrons. The Balaban J connectivity index is 2.18. The molecule has 0 atom stereocenters. The first-order chi connectivity index (χ1) is 12.5. The van der Waals surface area contributed by atoms with Crippen LogP contribution >= 0.6 is 7.26 Å². The van der Waals surface area contributed by atoms with Crippen LogP contribution < -0.4 is 15.9 Å². The highest BCUT2D eigenvalue weighted by atomic mass is 32.2. The Labute approximate surface area is 157 Å². The van der Waals surface area contributed by atoms with E-state index in [2.05, 4.69) is 72.8 Å². The van der Waals surface area contributed by atoms with Crippen LogP contribution in [0.15, 0.2) is 91.0 Å². The quantitative estimate of drug-likeness (QED) is 0.586. The van der Waals surface area contributed by atoms with Crippen LogP contribution in [0.5, 0.6) is 0 Å².